The van der Waals surface area contributed by atoms with E-state index in [4.69, 9.17) is 5.73 Å². The van der Waals surface area contributed by atoms with Crippen LogP contribution >= 0.6 is 0 Å². The number of nitrogens with zero attached hydrogens (tertiary/aromatic N) is 1. The van der Waals surface area contributed by atoms with Gasteiger partial charge in [0.15, 0.2) is 0 Å². The fraction of sp³-hybridized carbons (Fsp3) is 0.500. The Morgan fingerprint density at radius 3 is 2.88 bits per heavy atom. The van der Waals surface area contributed by atoms with Crippen LogP contribution in [0.2, 0.25) is 0 Å². The molecule has 0 aromatic carbocycles. The maximum absolute atomic E-state index is 11.7. The summed E-state index contributed by atoms with van der Waals surface area (Å²) in [6.45, 7) is 3.71. The van der Waals surface area contributed by atoms with Crippen molar-refractivity contribution < 1.29 is 4.79 Å². The zero-order chi connectivity index (χ0) is 12.4. The van der Waals surface area contributed by atoms with Crippen molar-refractivity contribution in [3.8, 4) is 0 Å². The highest BCUT2D eigenvalue weighted by atomic mass is 16.2. The van der Waals surface area contributed by atoms with Crippen molar-refractivity contribution in [1.82, 2.24) is 10.3 Å². The van der Waals surface area contributed by atoms with Gasteiger partial charge in [0.2, 0.25) is 5.91 Å². The zero-order valence-corrected chi connectivity index (χ0v) is 10.2. The number of anilines is 2. The van der Waals surface area contributed by atoms with E-state index in [-0.39, 0.29) is 11.9 Å². The molecular formula is C12H18N4O. The number of hydrogen-bond donors (Lipinski definition) is 3. The fourth-order valence-electron chi connectivity index (χ4n) is 1.46. The second-order valence-corrected chi connectivity index (χ2v) is 4.58. The molecule has 1 amide bonds. The molecule has 0 aliphatic heterocycles. The van der Waals surface area contributed by atoms with Gasteiger partial charge in [0.25, 0.3) is 0 Å². The van der Waals surface area contributed by atoms with Crippen LogP contribution in [-0.4, -0.2) is 23.0 Å². The summed E-state index contributed by atoms with van der Waals surface area (Å²) in [5.41, 5.74) is 7.40. The average Bonchev–Trinajstić information content (AvgIpc) is 3.07. The van der Waals surface area contributed by atoms with Crippen LogP contribution < -0.4 is 16.4 Å². The van der Waals surface area contributed by atoms with Gasteiger partial charge in [-0.1, -0.05) is 0 Å². The minimum atomic E-state index is -0.301. The molecule has 1 aromatic heterocycles. The summed E-state index contributed by atoms with van der Waals surface area (Å²) in [6.07, 6.45) is 3.88. The predicted molar refractivity (Wildman–Crippen MR) is 67.6 cm³/mol. The Labute approximate surface area is 101 Å². The highest BCUT2D eigenvalue weighted by Crippen LogP contribution is 2.19. The lowest BCUT2D eigenvalue weighted by atomic mass is 10.2. The van der Waals surface area contributed by atoms with E-state index in [0.29, 0.717) is 17.5 Å². The van der Waals surface area contributed by atoms with Crippen LogP contribution in [0.15, 0.2) is 12.3 Å². The Bertz CT molecular complexity index is 429. The third-order valence-electron chi connectivity index (χ3n) is 2.83. The number of aryl methyl sites for hydroxylation is 1. The Morgan fingerprint density at radius 1 is 1.59 bits per heavy atom. The number of pyridine rings is 1. The number of nitrogens with one attached hydrogen (secondary N) is 2. The van der Waals surface area contributed by atoms with Gasteiger partial charge in [-0.25, -0.2) is 4.98 Å². The number of nitrogens with two attached hydrogens (primary N) is 1. The molecular weight excluding hydrogens is 216 g/mol. The van der Waals surface area contributed by atoms with Gasteiger partial charge in [-0.05, 0) is 32.3 Å². The smallest absolute Gasteiger partial charge is 0.242 e. The van der Waals surface area contributed by atoms with Crippen molar-refractivity contribution in [3.05, 3.63) is 17.8 Å². The van der Waals surface area contributed by atoms with E-state index in [2.05, 4.69) is 15.6 Å². The molecule has 0 spiro atoms. The van der Waals surface area contributed by atoms with Gasteiger partial charge in [-0.15, -0.1) is 0 Å². The van der Waals surface area contributed by atoms with E-state index in [1.165, 1.54) is 0 Å². The van der Waals surface area contributed by atoms with Gasteiger partial charge < -0.3 is 16.4 Å². The quantitative estimate of drug-likeness (QED) is 0.727. The molecule has 5 heteroatoms. The van der Waals surface area contributed by atoms with Crippen LogP contribution in [-0.2, 0) is 4.79 Å². The van der Waals surface area contributed by atoms with Gasteiger partial charge in [-0.2, -0.15) is 0 Å². The summed E-state index contributed by atoms with van der Waals surface area (Å²) >= 11 is 0. The Balaban J connectivity index is 1.94. The highest BCUT2D eigenvalue weighted by Gasteiger charge is 2.25. The first-order valence-corrected chi connectivity index (χ1v) is 5.85. The molecule has 2 rings (SSSR count). The summed E-state index contributed by atoms with van der Waals surface area (Å²) in [4.78, 5) is 15.9. The number of hydrogen-bond acceptors (Lipinski definition) is 4. The van der Waals surface area contributed by atoms with Crippen molar-refractivity contribution in [2.24, 2.45) is 0 Å². The number of amides is 1. The molecule has 1 atom stereocenters. The first-order valence-electron chi connectivity index (χ1n) is 5.85. The minimum absolute atomic E-state index is 0.00782. The largest absolute Gasteiger partial charge is 0.398 e. The predicted octanol–water partition coefficient (Wildman–Crippen LogP) is 1.05. The van der Waals surface area contributed by atoms with Gasteiger partial charge in [0, 0.05) is 24.0 Å². The molecule has 1 aromatic rings. The second-order valence-electron chi connectivity index (χ2n) is 4.58. The summed E-state index contributed by atoms with van der Waals surface area (Å²) in [6, 6.07) is 1.82. The summed E-state index contributed by atoms with van der Waals surface area (Å²) in [5, 5.41) is 5.98. The lowest BCUT2D eigenvalue weighted by Gasteiger charge is -2.14. The minimum Gasteiger partial charge on any atom is -0.398 e. The van der Waals surface area contributed by atoms with Crippen LogP contribution in [0.1, 0.15) is 25.3 Å². The third-order valence-corrected chi connectivity index (χ3v) is 2.83. The molecule has 0 saturated heterocycles. The van der Waals surface area contributed by atoms with E-state index >= 15 is 0 Å². The summed E-state index contributed by atoms with van der Waals surface area (Å²) < 4.78 is 0. The third kappa shape index (κ3) is 3.09. The number of rotatable bonds is 4. The Morgan fingerprint density at radius 2 is 2.29 bits per heavy atom. The Hall–Kier alpha value is -1.78. The molecule has 0 bridgehead atoms. The van der Waals surface area contributed by atoms with Crippen molar-refractivity contribution >= 4 is 17.4 Å². The topological polar surface area (TPSA) is 80.0 Å². The number of carbonyl (C=O) groups is 1. The standard InChI is InChI=1S/C12H18N4O/c1-7-6-14-11(5-10(7)13)15-8(2)12(17)16-9-3-4-9/h5-6,8-9H,3-4H2,1-2H3,(H,16,17)(H3,13,14,15). The first kappa shape index (κ1) is 11.7. The normalized spacial score (nSPS) is 16.4. The lowest BCUT2D eigenvalue weighted by molar-refractivity contribution is -0.121. The monoisotopic (exact) mass is 234 g/mol. The maximum atomic E-state index is 11.7. The molecule has 1 aliphatic rings. The van der Waals surface area contributed by atoms with E-state index in [1.54, 1.807) is 12.3 Å². The van der Waals surface area contributed by atoms with E-state index in [9.17, 15) is 4.79 Å². The molecule has 1 fully saturated rings. The van der Waals surface area contributed by atoms with Crippen LogP contribution in [0.3, 0.4) is 0 Å². The van der Waals surface area contributed by atoms with Crippen LogP contribution in [0.25, 0.3) is 0 Å². The van der Waals surface area contributed by atoms with Gasteiger partial charge in [0.05, 0.1) is 0 Å². The summed E-state index contributed by atoms with van der Waals surface area (Å²) in [7, 11) is 0. The van der Waals surface area contributed by atoms with E-state index in [1.807, 2.05) is 13.8 Å². The zero-order valence-electron chi connectivity index (χ0n) is 10.2. The maximum Gasteiger partial charge on any atom is 0.242 e. The highest BCUT2D eigenvalue weighted by molar-refractivity contribution is 5.84. The van der Waals surface area contributed by atoms with Gasteiger partial charge in [0.1, 0.15) is 11.9 Å². The average molecular weight is 234 g/mol. The van der Waals surface area contributed by atoms with Gasteiger partial charge >= 0.3 is 0 Å². The van der Waals surface area contributed by atoms with Crippen molar-refractivity contribution in [2.75, 3.05) is 11.1 Å². The van der Waals surface area contributed by atoms with E-state index < -0.39 is 0 Å². The molecule has 4 N–H and O–H groups in total. The van der Waals surface area contributed by atoms with Crippen LogP contribution in [0, 0.1) is 6.92 Å². The SMILES string of the molecule is Cc1cnc(NC(C)C(=O)NC2CC2)cc1N. The fourth-order valence-corrected chi connectivity index (χ4v) is 1.46. The molecule has 17 heavy (non-hydrogen) atoms. The van der Waals surface area contributed by atoms with Crippen molar-refractivity contribution in [3.63, 3.8) is 0 Å². The second kappa shape index (κ2) is 4.61. The molecule has 0 radical (unpaired) electrons. The molecule has 1 aliphatic carbocycles. The number of carbonyl (C=O) groups excluding carboxylic acids is 1. The van der Waals surface area contributed by atoms with Gasteiger partial charge in [-0.3, -0.25) is 4.79 Å². The Kier molecular flexibility index (Phi) is 3.17. The molecule has 1 saturated carbocycles. The number of aromatic nitrogens is 1. The summed E-state index contributed by atoms with van der Waals surface area (Å²) in [5.74, 6) is 0.639. The lowest BCUT2D eigenvalue weighted by Crippen LogP contribution is -2.38. The van der Waals surface area contributed by atoms with Crippen molar-refractivity contribution in [1.29, 1.82) is 0 Å². The first-order chi connectivity index (χ1) is 8.06. The number of nitrogen functional groups attached to an aromatic ring is 1. The molecule has 5 nitrogen and oxygen atoms in total. The molecule has 1 heterocycles. The van der Waals surface area contributed by atoms with E-state index in [0.717, 1.165) is 18.4 Å². The van der Waals surface area contributed by atoms with Crippen LogP contribution in [0.4, 0.5) is 11.5 Å². The van der Waals surface area contributed by atoms with Crippen molar-refractivity contribution in [2.45, 2.75) is 38.8 Å². The van der Waals surface area contributed by atoms with Crippen LogP contribution in [0.5, 0.6) is 0 Å². The molecule has 92 valence electrons. The molecule has 1 unspecified atom stereocenters.